The van der Waals surface area contributed by atoms with E-state index in [-0.39, 0.29) is 11.6 Å². The minimum absolute atomic E-state index is 0.196. The van der Waals surface area contributed by atoms with Gasteiger partial charge >= 0.3 is 5.76 Å². The Labute approximate surface area is 112 Å². The number of hydrogen-bond donors (Lipinski definition) is 1. The predicted octanol–water partition coefficient (Wildman–Crippen LogP) is 0.772. The Kier molecular flexibility index (Phi) is 4.42. The van der Waals surface area contributed by atoms with Crippen LogP contribution < -0.4 is 5.76 Å². The van der Waals surface area contributed by atoms with Crippen molar-refractivity contribution in [1.82, 2.24) is 14.8 Å². The van der Waals surface area contributed by atoms with E-state index in [4.69, 9.17) is 0 Å². The van der Waals surface area contributed by atoms with Crippen LogP contribution in [0.5, 0.6) is 0 Å². The molecule has 1 aromatic rings. The van der Waals surface area contributed by atoms with Gasteiger partial charge in [-0.1, -0.05) is 0 Å². The van der Waals surface area contributed by atoms with E-state index in [2.05, 4.69) is 21.3 Å². The van der Waals surface area contributed by atoms with Gasteiger partial charge in [0, 0.05) is 13.6 Å². The molecule has 1 aliphatic rings. The van der Waals surface area contributed by atoms with E-state index in [0.29, 0.717) is 12.5 Å². The molecule has 0 radical (unpaired) electrons. The number of aromatic amines is 1. The first kappa shape index (κ1) is 13.9. The third-order valence-corrected chi connectivity index (χ3v) is 3.81. The molecule has 1 N–H and O–H groups in total. The van der Waals surface area contributed by atoms with Gasteiger partial charge < -0.3 is 14.2 Å². The molecule has 6 heteroatoms. The summed E-state index contributed by atoms with van der Waals surface area (Å²) in [5.41, 5.74) is 0.218. The molecule has 0 bridgehead atoms. The van der Waals surface area contributed by atoms with E-state index in [1.165, 1.54) is 19.1 Å². The summed E-state index contributed by atoms with van der Waals surface area (Å²) in [5.74, 6) is -0.0966. The van der Waals surface area contributed by atoms with Crippen molar-refractivity contribution in [2.24, 2.45) is 5.92 Å². The molecule has 1 aromatic heterocycles. The van der Waals surface area contributed by atoms with Crippen LogP contribution in [0.3, 0.4) is 0 Å². The summed E-state index contributed by atoms with van der Waals surface area (Å²) in [4.78, 5) is 29.2. The van der Waals surface area contributed by atoms with Gasteiger partial charge in [0.25, 0.3) is 5.91 Å². The van der Waals surface area contributed by atoms with Gasteiger partial charge in [-0.2, -0.15) is 0 Å². The van der Waals surface area contributed by atoms with E-state index in [1.54, 1.807) is 11.9 Å². The molecule has 0 aliphatic carbocycles. The fourth-order valence-electron chi connectivity index (χ4n) is 2.42. The molecule has 1 aliphatic heterocycles. The Hall–Kier alpha value is -1.56. The van der Waals surface area contributed by atoms with Gasteiger partial charge in [-0.15, -0.1) is 0 Å². The van der Waals surface area contributed by atoms with E-state index in [1.807, 2.05) is 0 Å². The van der Waals surface area contributed by atoms with Crippen LogP contribution in [0.15, 0.2) is 15.5 Å². The van der Waals surface area contributed by atoms with Crippen LogP contribution in [0.2, 0.25) is 0 Å². The predicted molar refractivity (Wildman–Crippen MR) is 71.1 cm³/mol. The lowest BCUT2D eigenvalue weighted by molar-refractivity contribution is 0.0774. The maximum atomic E-state index is 12.0. The second-order valence-corrected chi connectivity index (χ2v) is 5.32. The van der Waals surface area contributed by atoms with Gasteiger partial charge in [0.05, 0.1) is 0 Å². The Morgan fingerprint density at radius 1 is 1.53 bits per heavy atom. The minimum Gasteiger partial charge on any atom is -0.416 e. The summed E-state index contributed by atoms with van der Waals surface area (Å²) in [6.45, 7) is 2.98. The lowest BCUT2D eigenvalue weighted by atomic mass is 9.94. The van der Waals surface area contributed by atoms with Crippen LogP contribution in [0.1, 0.15) is 29.8 Å². The number of carbonyl (C=O) groups excluding carboxylic acids is 1. The molecule has 106 valence electrons. The van der Waals surface area contributed by atoms with E-state index >= 15 is 0 Å². The molecule has 0 spiro atoms. The average Bonchev–Trinajstić information content (AvgIpc) is 2.83. The number of likely N-dealkylation sites (tertiary alicyclic amines) is 1. The second kappa shape index (κ2) is 6.06. The molecule has 2 heterocycles. The molecule has 0 aromatic carbocycles. The Morgan fingerprint density at radius 2 is 2.21 bits per heavy atom. The van der Waals surface area contributed by atoms with Gasteiger partial charge in [-0.3, -0.25) is 9.78 Å². The number of oxazole rings is 1. The highest BCUT2D eigenvalue weighted by Crippen LogP contribution is 2.19. The molecular weight excluding hydrogens is 246 g/mol. The first-order chi connectivity index (χ1) is 9.06. The van der Waals surface area contributed by atoms with Gasteiger partial charge in [-0.25, -0.2) is 4.79 Å². The van der Waals surface area contributed by atoms with Gasteiger partial charge in [0.15, 0.2) is 0 Å². The van der Waals surface area contributed by atoms with Crippen LogP contribution in [-0.2, 0) is 0 Å². The van der Waals surface area contributed by atoms with Crippen molar-refractivity contribution in [2.75, 3.05) is 33.7 Å². The van der Waals surface area contributed by atoms with Crippen LogP contribution in [0.25, 0.3) is 0 Å². The SMILES string of the molecule is CN1CCC(CCN(C)C(=O)c2coc(=O)[nH]2)CC1. The zero-order chi connectivity index (χ0) is 13.8. The summed E-state index contributed by atoms with van der Waals surface area (Å²) in [6.07, 6.45) is 4.58. The maximum absolute atomic E-state index is 12.0. The Balaban J connectivity index is 1.79. The summed E-state index contributed by atoms with van der Waals surface area (Å²) >= 11 is 0. The van der Waals surface area contributed by atoms with E-state index in [9.17, 15) is 9.59 Å². The van der Waals surface area contributed by atoms with E-state index < -0.39 is 5.76 Å². The van der Waals surface area contributed by atoms with Crippen molar-refractivity contribution in [2.45, 2.75) is 19.3 Å². The first-order valence-electron chi connectivity index (χ1n) is 6.68. The molecule has 19 heavy (non-hydrogen) atoms. The van der Waals surface area contributed by atoms with Crippen molar-refractivity contribution < 1.29 is 9.21 Å². The Bertz CT molecular complexity index is 471. The number of hydrogen-bond acceptors (Lipinski definition) is 4. The molecule has 2 rings (SSSR count). The van der Waals surface area contributed by atoms with Crippen LogP contribution in [0, 0.1) is 5.92 Å². The number of carbonyl (C=O) groups is 1. The van der Waals surface area contributed by atoms with Crippen molar-refractivity contribution in [3.8, 4) is 0 Å². The maximum Gasteiger partial charge on any atom is 0.416 e. The summed E-state index contributed by atoms with van der Waals surface area (Å²) in [6, 6.07) is 0. The van der Waals surface area contributed by atoms with Crippen molar-refractivity contribution in [1.29, 1.82) is 0 Å². The monoisotopic (exact) mass is 267 g/mol. The number of H-pyrrole nitrogens is 1. The number of amides is 1. The Morgan fingerprint density at radius 3 is 2.79 bits per heavy atom. The second-order valence-electron chi connectivity index (χ2n) is 5.32. The molecule has 1 amide bonds. The molecule has 0 atom stereocenters. The number of nitrogens with zero attached hydrogens (tertiary/aromatic N) is 2. The normalized spacial score (nSPS) is 17.6. The number of aromatic nitrogens is 1. The third-order valence-electron chi connectivity index (χ3n) is 3.81. The van der Waals surface area contributed by atoms with Crippen LogP contribution in [0.4, 0.5) is 0 Å². The molecule has 0 unspecified atom stereocenters. The highest BCUT2D eigenvalue weighted by atomic mass is 16.4. The number of nitrogens with one attached hydrogen (secondary N) is 1. The van der Waals surface area contributed by atoms with Gasteiger partial charge in [-0.05, 0) is 45.3 Å². The first-order valence-corrected chi connectivity index (χ1v) is 6.68. The standard InChI is InChI=1S/C13H21N3O3/c1-15-6-3-10(4-7-15)5-8-16(2)12(17)11-9-19-13(18)14-11/h9-10H,3-8H2,1-2H3,(H,14,18). The third kappa shape index (κ3) is 3.70. The smallest absolute Gasteiger partial charge is 0.416 e. The van der Waals surface area contributed by atoms with Crippen LogP contribution in [-0.4, -0.2) is 54.4 Å². The zero-order valence-corrected chi connectivity index (χ0v) is 11.5. The zero-order valence-electron chi connectivity index (χ0n) is 11.5. The fraction of sp³-hybridized carbons (Fsp3) is 0.692. The summed E-state index contributed by atoms with van der Waals surface area (Å²) in [5, 5.41) is 0. The quantitative estimate of drug-likeness (QED) is 0.875. The lowest BCUT2D eigenvalue weighted by Crippen LogP contribution is -2.33. The summed E-state index contributed by atoms with van der Waals surface area (Å²) < 4.78 is 4.58. The highest BCUT2D eigenvalue weighted by Gasteiger charge is 2.19. The highest BCUT2D eigenvalue weighted by molar-refractivity contribution is 5.91. The van der Waals surface area contributed by atoms with Gasteiger partial charge in [0.1, 0.15) is 12.0 Å². The van der Waals surface area contributed by atoms with Gasteiger partial charge in [0.2, 0.25) is 0 Å². The van der Waals surface area contributed by atoms with Crippen molar-refractivity contribution >= 4 is 5.91 Å². The molecule has 0 saturated carbocycles. The molecular formula is C13H21N3O3. The fourth-order valence-corrected chi connectivity index (χ4v) is 2.42. The minimum atomic E-state index is -0.591. The molecule has 6 nitrogen and oxygen atoms in total. The number of piperidine rings is 1. The molecule has 1 fully saturated rings. The lowest BCUT2D eigenvalue weighted by Gasteiger charge is -2.30. The summed E-state index contributed by atoms with van der Waals surface area (Å²) in [7, 11) is 3.89. The molecule has 1 saturated heterocycles. The largest absolute Gasteiger partial charge is 0.416 e. The van der Waals surface area contributed by atoms with E-state index in [0.717, 1.165) is 19.5 Å². The van der Waals surface area contributed by atoms with Crippen molar-refractivity contribution in [3.05, 3.63) is 22.5 Å². The van der Waals surface area contributed by atoms with Crippen molar-refractivity contribution in [3.63, 3.8) is 0 Å². The van der Waals surface area contributed by atoms with Crippen LogP contribution >= 0.6 is 0 Å². The average molecular weight is 267 g/mol. The topological polar surface area (TPSA) is 69.5 Å². The number of rotatable bonds is 4.